The largest absolute Gasteiger partial charge is 0.353 e. The molecular weight excluding hydrogens is 304 g/mol. The third-order valence-corrected chi connectivity index (χ3v) is 5.38. The maximum Gasteiger partial charge on any atom is 0.228 e. The molecule has 1 aliphatic rings. The van der Waals surface area contributed by atoms with Gasteiger partial charge in [0.1, 0.15) is 0 Å². The summed E-state index contributed by atoms with van der Waals surface area (Å²) >= 11 is 1.75. The van der Waals surface area contributed by atoms with Crippen LogP contribution in [-0.2, 0) is 11.2 Å². The van der Waals surface area contributed by atoms with E-state index in [-0.39, 0.29) is 17.4 Å². The minimum Gasteiger partial charge on any atom is -0.353 e. The van der Waals surface area contributed by atoms with Gasteiger partial charge in [0.15, 0.2) is 0 Å². The van der Waals surface area contributed by atoms with Crippen LogP contribution in [0.25, 0.3) is 10.4 Å². The lowest BCUT2D eigenvalue weighted by Gasteiger charge is -2.29. The van der Waals surface area contributed by atoms with E-state index in [2.05, 4.69) is 52.4 Å². The van der Waals surface area contributed by atoms with Crippen molar-refractivity contribution in [1.82, 2.24) is 10.6 Å². The summed E-state index contributed by atoms with van der Waals surface area (Å²) in [6.45, 7) is 5.71. The van der Waals surface area contributed by atoms with Crippen LogP contribution >= 0.6 is 11.3 Å². The Hall–Kier alpha value is -1.65. The first-order valence-corrected chi connectivity index (χ1v) is 9.12. The van der Waals surface area contributed by atoms with E-state index in [9.17, 15) is 4.79 Å². The molecule has 1 aromatic carbocycles. The molecule has 3 rings (SSSR count). The number of carbonyl (C=O) groups excluding carboxylic acids is 1. The van der Waals surface area contributed by atoms with E-state index in [4.69, 9.17) is 0 Å². The molecule has 0 bridgehead atoms. The zero-order valence-electron chi connectivity index (χ0n) is 13.8. The van der Waals surface area contributed by atoms with Crippen molar-refractivity contribution in [3.05, 3.63) is 47.3 Å². The molecule has 1 fully saturated rings. The Morgan fingerprint density at radius 1 is 1.30 bits per heavy atom. The van der Waals surface area contributed by atoms with Gasteiger partial charge in [0.05, 0.1) is 5.41 Å². The van der Waals surface area contributed by atoms with Crippen LogP contribution in [0, 0.1) is 5.41 Å². The molecule has 1 aromatic heterocycles. The molecule has 0 spiro atoms. The second-order valence-electron chi connectivity index (χ2n) is 6.65. The van der Waals surface area contributed by atoms with Crippen LogP contribution in [0.5, 0.6) is 0 Å². The van der Waals surface area contributed by atoms with Gasteiger partial charge in [-0.2, -0.15) is 0 Å². The van der Waals surface area contributed by atoms with Crippen LogP contribution in [0.4, 0.5) is 0 Å². The fourth-order valence-corrected chi connectivity index (χ4v) is 4.08. The zero-order chi connectivity index (χ0) is 16.3. The summed E-state index contributed by atoms with van der Waals surface area (Å²) in [7, 11) is 0. The molecule has 23 heavy (non-hydrogen) atoms. The first-order chi connectivity index (χ1) is 11.1. The Morgan fingerprint density at radius 2 is 2.13 bits per heavy atom. The molecule has 2 heterocycles. The predicted octanol–water partition coefficient (Wildman–Crippen LogP) is 3.46. The van der Waals surface area contributed by atoms with Gasteiger partial charge < -0.3 is 10.6 Å². The lowest BCUT2D eigenvalue weighted by Crippen LogP contribution is -2.46. The van der Waals surface area contributed by atoms with E-state index < -0.39 is 0 Å². The van der Waals surface area contributed by atoms with Crippen LogP contribution < -0.4 is 10.6 Å². The second-order valence-corrected chi connectivity index (χ2v) is 7.59. The molecule has 1 aliphatic heterocycles. The first kappa shape index (κ1) is 16.2. The number of hydrogen-bond donors (Lipinski definition) is 2. The van der Waals surface area contributed by atoms with Crippen molar-refractivity contribution in [2.45, 2.75) is 32.7 Å². The summed E-state index contributed by atoms with van der Waals surface area (Å²) in [6, 6.07) is 12.9. The quantitative estimate of drug-likeness (QED) is 0.882. The average Bonchev–Trinajstić information content (AvgIpc) is 3.19. The smallest absolute Gasteiger partial charge is 0.228 e. The average molecular weight is 328 g/mol. The molecule has 0 unspecified atom stereocenters. The second kappa shape index (κ2) is 6.85. The van der Waals surface area contributed by atoms with Gasteiger partial charge in [0.25, 0.3) is 0 Å². The zero-order valence-corrected chi connectivity index (χ0v) is 14.6. The van der Waals surface area contributed by atoms with Crippen LogP contribution in [0.1, 0.15) is 25.8 Å². The maximum atomic E-state index is 12.8. The number of amides is 1. The highest BCUT2D eigenvalue weighted by molar-refractivity contribution is 7.13. The van der Waals surface area contributed by atoms with E-state index in [1.54, 1.807) is 11.3 Å². The molecule has 2 aromatic rings. The monoisotopic (exact) mass is 328 g/mol. The normalized spacial score (nSPS) is 20.8. The van der Waals surface area contributed by atoms with Gasteiger partial charge in [0.2, 0.25) is 5.91 Å². The van der Waals surface area contributed by atoms with E-state index >= 15 is 0 Å². The summed E-state index contributed by atoms with van der Waals surface area (Å²) < 4.78 is 0. The van der Waals surface area contributed by atoms with Crippen molar-refractivity contribution in [3.8, 4) is 10.4 Å². The Balaban J connectivity index is 1.91. The van der Waals surface area contributed by atoms with Gasteiger partial charge in [0, 0.05) is 17.5 Å². The number of hydrogen-bond acceptors (Lipinski definition) is 3. The molecule has 0 aliphatic carbocycles. The van der Waals surface area contributed by atoms with Crippen LogP contribution in [0.2, 0.25) is 0 Å². The number of rotatable bonds is 5. The fraction of sp³-hybridized carbons (Fsp3) is 0.421. The van der Waals surface area contributed by atoms with E-state index in [1.807, 2.05) is 13.8 Å². The Bertz CT molecular complexity index is 658. The molecule has 0 radical (unpaired) electrons. The summed E-state index contributed by atoms with van der Waals surface area (Å²) in [5, 5.41) is 8.61. The van der Waals surface area contributed by atoms with Gasteiger partial charge >= 0.3 is 0 Å². The van der Waals surface area contributed by atoms with Gasteiger partial charge in [-0.15, -0.1) is 11.3 Å². The van der Waals surface area contributed by atoms with Crippen molar-refractivity contribution in [2.75, 3.05) is 13.1 Å². The van der Waals surface area contributed by atoms with Crippen molar-refractivity contribution < 1.29 is 4.79 Å². The van der Waals surface area contributed by atoms with Crippen LogP contribution in [-0.4, -0.2) is 25.0 Å². The van der Waals surface area contributed by atoms with E-state index in [1.165, 1.54) is 16.0 Å². The van der Waals surface area contributed by atoms with Gasteiger partial charge in [-0.25, -0.2) is 0 Å². The molecule has 0 saturated carbocycles. The van der Waals surface area contributed by atoms with Gasteiger partial charge in [-0.1, -0.05) is 30.3 Å². The highest BCUT2D eigenvalue weighted by Gasteiger charge is 2.41. The highest BCUT2D eigenvalue weighted by Crippen LogP contribution is 2.36. The summed E-state index contributed by atoms with van der Waals surface area (Å²) in [5.41, 5.74) is 2.18. The molecule has 1 atom stereocenters. The molecule has 1 saturated heterocycles. The maximum absolute atomic E-state index is 12.8. The lowest BCUT2D eigenvalue weighted by molar-refractivity contribution is -0.130. The number of thiophene rings is 1. The standard InChI is InChI=1S/C19H24N2OS/c1-14(2)21-18(22)19(9-10-20-13-19)12-15-6-3-4-7-16(15)17-8-5-11-23-17/h3-8,11,14,20H,9-10,12-13H2,1-2H3,(H,21,22)/t19-/m0/s1. The number of nitrogens with one attached hydrogen (secondary N) is 2. The lowest BCUT2D eigenvalue weighted by atomic mass is 9.78. The summed E-state index contributed by atoms with van der Waals surface area (Å²) in [4.78, 5) is 14.1. The molecule has 4 heteroatoms. The third-order valence-electron chi connectivity index (χ3n) is 4.48. The minimum atomic E-state index is -0.336. The Morgan fingerprint density at radius 3 is 2.78 bits per heavy atom. The fourth-order valence-electron chi connectivity index (χ4n) is 3.30. The molecule has 2 N–H and O–H groups in total. The number of benzene rings is 1. The van der Waals surface area contributed by atoms with E-state index in [0.717, 1.165) is 25.9 Å². The third kappa shape index (κ3) is 3.48. The van der Waals surface area contributed by atoms with Crippen LogP contribution in [0.15, 0.2) is 41.8 Å². The predicted molar refractivity (Wildman–Crippen MR) is 96.7 cm³/mol. The van der Waals surface area contributed by atoms with Crippen LogP contribution in [0.3, 0.4) is 0 Å². The summed E-state index contributed by atoms with van der Waals surface area (Å²) in [6.07, 6.45) is 1.68. The van der Waals surface area contributed by atoms with Crippen molar-refractivity contribution in [3.63, 3.8) is 0 Å². The SMILES string of the molecule is CC(C)NC(=O)[C@]1(Cc2ccccc2-c2cccs2)CCNC1. The highest BCUT2D eigenvalue weighted by atomic mass is 32.1. The molecule has 1 amide bonds. The van der Waals surface area contributed by atoms with Crippen molar-refractivity contribution in [2.24, 2.45) is 5.41 Å². The first-order valence-electron chi connectivity index (χ1n) is 8.24. The molecule has 122 valence electrons. The Kier molecular flexibility index (Phi) is 4.83. The molecule has 3 nitrogen and oxygen atoms in total. The number of carbonyl (C=O) groups is 1. The van der Waals surface area contributed by atoms with Crippen molar-refractivity contribution >= 4 is 17.2 Å². The minimum absolute atomic E-state index is 0.174. The summed E-state index contributed by atoms with van der Waals surface area (Å²) in [5.74, 6) is 0.179. The van der Waals surface area contributed by atoms with Gasteiger partial charge in [-0.05, 0) is 55.8 Å². The molecular formula is C19H24N2OS. The van der Waals surface area contributed by atoms with Crippen molar-refractivity contribution in [1.29, 1.82) is 0 Å². The van der Waals surface area contributed by atoms with Gasteiger partial charge in [-0.3, -0.25) is 4.79 Å². The van der Waals surface area contributed by atoms with E-state index in [0.29, 0.717) is 0 Å². The topological polar surface area (TPSA) is 41.1 Å². The Labute approximate surface area is 142 Å².